The van der Waals surface area contributed by atoms with E-state index in [1.54, 1.807) is 23.9 Å². The zero-order chi connectivity index (χ0) is 15.6. The van der Waals surface area contributed by atoms with Crippen LogP contribution >= 0.6 is 19.5 Å². The lowest BCUT2D eigenvalue weighted by molar-refractivity contribution is -0.212. The molecule has 3 rings (SSSR count). The van der Waals surface area contributed by atoms with E-state index < -0.39 is 7.75 Å². The molecule has 1 aliphatic rings. The zero-order valence-corrected chi connectivity index (χ0v) is 13.7. The van der Waals surface area contributed by atoms with Crippen molar-refractivity contribution in [2.45, 2.75) is 23.1 Å². The molecule has 0 radical (unpaired) electrons. The molecule has 1 N–H and O–H groups in total. The van der Waals surface area contributed by atoms with E-state index in [0.717, 1.165) is 9.79 Å². The van der Waals surface area contributed by atoms with E-state index in [2.05, 4.69) is 0 Å². The molecule has 1 aliphatic heterocycles. The van der Waals surface area contributed by atoms with Crippen molar-refractivity contribution in [3.8, 4) is 0 Å². The molecule has 7 heteroatoms. The van der Waals surface area contributed by atoms with Crippen LogP contribution in [0.3, 0.4) is 0 Å². The summed E-state index contributed by atoms with van der Waals surface area (Å²) in [7, 11) is -4.16. The Morgan fingerprint density at radius 3 is 2.18 bits per heavy atom. The van der Waals surface area contributed by atoms with Crippen molar-refractivity contribution in [1.82, 2.24) is 0 Å². The number of para-hydroxylation sites is 2. The highest BCUT2D eigenvalue weighted by Gasteiger charge is 2.38. The van der Waals surface area contributed by atoms with Gasteiger partial charge in [-0.2, -0.15) is 0 Å². The summed E-state index contributed by atoms with van der Waals surface area (Å²) in [6.07, 6.45) is 0.697. The Labute approximate surface area is 133 Å². The molecule has 0 aromatic heterocycles. The molecule has 0 amide bonds. The van der Waals surface area contributed by atoms with Crippen LogP contribution in [-0.4, -0.2) is 11.5 Å². The highest BCUT2D eigenvalue weighted by atomic mass is 32.2. The Balaban J connectivity index is 2.04. The van der Waals surface area contributed by atoms with Gasteiger partial charge in [0, 0.05) is 9.79 Å². The van der Waals surface area contributed by atoms with Crippen molar-refractivity contribution in [2.75, 3.05) is 11.3 Å². The smallest absolute Gasteiger partial charge is 0.306 e. The second-order valence-corrected chi connectivity index (χ2v) is 7.35. The monoisotopic (exact) mass is 337 g/mol. The molecular weight excluding hydrogens is 321 g/mol. The molecule has 1 atom stereocenters. The third-order valence-electron chi connectivity index (χ3n) is 3.10. The van der Waals surface area contributed by atoms with Gasteiger partial charge < -0.3 is 4.89 Å². The lowest BCUT2D eigenvalue weighted by Crippen LogP contribution is -2.19. The lowest BCUT2D eigenvalue weighted by Gasteiger charge is -2.33. The molecule has 0 spiro atoms. The molecule has 1 heterocycles. The summed E-state index contributed by atoms with van der Waals surface area (Å²) < 4.78 is 18.9. The van der Waals surface area contributed by atoms with Crippen LogP contribution < -0.4 is 4.67 Å². The number of rotatable bonds is 5. The maximum atomic E-state index is 12.7. The van der Waals surface area contributed by atoms with E-state index in [9.17, 15) is 9.46 Å². The molecule has 0 bridgehead atoms. The quantitative estimate of drug-likeness (QED) is 0.368. The van der Waals surface area contributed by atoms with E-state index in [4.69, 9.17) is 9.56 Å². The molecule has 2 aromatic carbocycles. The molecule has 5 nitrogen and oxygen atoms in total. The van der Waals surface area contributed by atoms with Gasteiger partial charge in [0.05, 0.1) is 18.0 Å². The van der Waals surface area contributed by atoms with Crippen molar-refractivity contribution in [2.24, 2.45) is 0 Å². The predicted octanol–water partition coefficient (Wildman–Crippen LogP) is 4.75. The van der Waals surface area contributed by atoms with Crippen LogP contribution in [0, 0.1) is 0 Å². The summed E-state index contributed by atoms with van der Waals surface area (Å²) in [5.41, 5.74) is 1.27. The first-order chi connectivity index (χ1) is 10.6. The second-order valence-electron chi connectivity index (χ2n) is 4.74. The normalized spacial score (nSPS) is 15.8. The Morgan fingerprint density at radius 2 is 1.64 bits per heavy atom. The van der Waals surface area contributed by atoms with E-state index in [0.29, 0.717) is 17.8 Å². The van der Waals surface area contributed by atoms with Crippen LogP contribution in [0.25, 0.3) is 0 Å². The number of hydrogen-bond acceptors (Lipinski definition) is 4. The topological polar surface area (TPSA) is 59.0 Å². The first kappa shape index (κ1) is 15.6. The summed E-state index contributed by atoms with van der Waals surface area (Å²) in [6.45, 7) is 2.16. The van der Waals surface area contributed by atoms with Gasteiger partial charge in [-0.1, -0.05) is 43.0 Å². The number of hydrogen-bond donors (Lipinski definition) is 1. The molecule has 22 heavy (non-hydrogen) atoms. The highest BCUT2D eigenvalue weighted by Crippen LogP contribution is 2.61. The molecule has 0 aliphatic carbocycles. The van der Waals surface area contributed by atoms with Crippen LogP contribution in [0.5, 0.6) is 0 Å². The fourth-order valence-electron chi connectivity index (χ4n) is 2.18. The Morgan fingerprint density at radius 1 is 1.09 bits per heavy atom. The first-order valence-electron chi connectivity index (χ1n) is 6.94. The van der Waals surface area contributed by atoms with Gasteiger partial charge in [0.15, 0.2) is 0 Å². The Kier molecular flexibility index (Phi) is 4.57. The van der Waals surface area contributed by atoms with Crippen LogP contribution in [0.1, 0.15) is 13.3 Å². The summed E-state index contributed by atoms with van der Waals surface area (Å²) in [5.74, 6) is 0. The molecule has 0 fully saturated rings. The van der Waals surface area contributed by atoms with Crippen molar-refractivity contribution >= 4 is 30.9 Å². The predicted molar refractivity (Wildman–Crippen MR) is 86.3 cm³/mol. The number of benzene rings is 2. The summed E-state index contributed by atoms with van der Waals surface area (Å²) in [5, 5.41) is 0. The zero-order valence-electron chi connectivity index (χ0n) is 12.0. The van der Waals surface area contributed by atoms with Crippen molar-refractivity contribution in [3.05, 3.63) is 48.5 Å². The molecule has 116 valence electrons. The number of nitrogens with zero attached hydrogens (tertiary/aromatic N) is 1. The summed E-state index contributed by atoms with van der Waals surface area (Å²) in [6, 6.07) is 14.9. The summed E-state index contributed by atoms with van der Waals surface area (Å²) >= 11 is 1.56. The molecule has 0 saturated heterocycles. The second kappa shape index (κ2) is 6.44. The highest BCUT2D eigenvalue weighted by molar-refractivity contribution is 7.99. The standard InChI is InChI=1S/C15H16NO4PS/c1-2-11-19-20-21(17,18)16-12-7-3-5-9-14(12)22-15-10-6-4-8-13(15)16/h3-10H,2,11H2,1H3,(H,17,18). The van der Waals surface area contributed by atoms with Gasteiger partial charge in [0.2, 0.25) is 0 Å². The first-order valence-corrected chi connectivity index (χ1v) is 9.28. The average molecular weight is 337 g/mol. The molecule has 1 unspecified atom stereocenters. The third kappa shape index (κ3) is 2.93. The van der Waals surface area contributed by atoms with Gasteiger partial charge in [-0.3, -0.25) is 0 Å². The minimum atomic E-state index is -4.16. The largest absolute Gasteiger partial charge is 0.464 e. The van der Waals surface area contributed by atoms with Crippen LogP contribution in [-0.2, 0) is 14.1 Å². The Hall–Kier alpha value is -1.30. The van der Waals surface area contributed by atoms with Gasteiger partial charge in [-0.15, -0.1) is 4.67 Å². The fraction of sp³-hybridized carbons (Fsp3) is 0.200. The van der Waals surface area contributed by atoms with Gasteiger partial charge in [0.25, 0.3) is 0 Å². The van der Waals surface area contributed by atoms with E-state index in [-0.39, 0.29) is 6.61 Å². The van der Waals surface area contributed by atoms with Crippen molar-refractivity contribution in [1.29, 1.82) is 0 Å². The minimum absolute atomic E-state index is 0.260. The lowest BCUT2D eigenvalue weighted by atomic mass is 10.2. The van der Waals surface area contributed by atoms with Crippen LogP contribution in [0.4, 0.5) is 11.4 Å². The maximum Gasteiger partial charge on any atom is 0.464 e. The van der Waals surface area contributed by atoms with Crippen LogP contribution in [0.2, 0.25) is 0 Å². The van der Waals surface area contributed by atoms with Gasteiger partial charge >= 0.3 is 7.75 Å². The molecule has 2 aromatic rings. The Bertz CT molecular complexity index is 679. The fourth-order valence-corrected chi connectivity index (χ4v) is 4.55. The maximum absolute atomic E-state index is 12.7. The molecular formula is C15H16NO4PS. The minimum Gasteiger partial charge on any atom is -0.306 e. The SMILES string of the molecule is CCCOOP(=O)(O)N1c2ccccc2Sc2ccccc21. The average Bonchev–Trinajstić information content (AvgIpc) is 2.52. The molecule has 0 saturated carbocycles. The number of fused-ring (bicyclic) bond motifs is 2. The van der Waals surface area contributed by atoms with E-state index in [1.807, 2.05) is 43.3 Å². The van der Waals surface area contributed by atoms with Gasteiger partial charge in [-0.05, 0) is 30.7 Å². The van der Waals surface area contributed by atoms with Gasteiger partial charge in [0.1, 0.15) is 0 Å². The van der Waals surface area contributed by atoms with E-state index >= 15 is 0 Å². The summed E-state index contributed by atoms with van der Waals surface area (Å²) in [4.78, 5) is 17.0. The third-order valence-corrected chi connectivity index (χ3v) is 5.46. The van der Waals surface area contributed by atoms with E-state index in [1.165, 1.54) is 4.67 Å². The van der Waals surface area contributed by atoms with Gasteiger partial charge in [-0.25, -0.2) is 14.1 Å². The van der Waals surface area contributed by atoms with Crippen molar-refractivity contribution in [3.63, 3.8) is 0 Å². The van der Waals surface area contributed by atoms with Crippen molar-refractivity contribution < 1.29 is 19.0 Å². The van der Waals surface area contributed by atoms with Crippen LogP contribution in [0.15, 0.2) is 58.3 Å². The number of anilines is 2.